The highest BCUT2D eigenvalue weighted by molar-refractivity contribution is 7.92. The van der Waals surface area contributed by atoms with E-state index in [-0.39, 0.29) is 11.8 Å². The van der Waals surface area contributed by atoms with Gasteiger partial charge in [0.15, 0.2) is 0 Å². The van der Waals surface area contributed by atoms with Gasteiger partial charge in [0.1, 0.15) is 5.75 Å². The molecule has 0 aliphatic carbocycles. The Bertz CT molecular complexity index is 1630. The zero-order valence-corrected chi connectivity index (χ0v) is 22.2. The van der Waals surface area contributed by atoms with E-state index in [0.717, 1.165) is 34.0 Å². The summed E-state index contributed by atoms with van der Waals surface area (Å²) in [5.74, 6) is 0.303. The van der Waals surface area contributed by atoms with Crippen molar-refractivity contribution in [3.05, 3.63) is 82.7 Å². The Morgan fingerprint density at radius 2 is 1.78 bits per heavy atom. The number of anilines is 3. The van der Waals surface area contributed by atoms with E-state index in [2.05, 4.69) is 5.32 Å². The molecule has 4 aromatic rings. The van der Waals surface area contributed by atoms with Gasteiger partial charge in [0.25, 0.3) is 11.8 Å². The number of fused-ring (bicyclic) bond motifs is 2. The first kappa shape index (κ1) is 24.8. The van der Waals surface area contributed by atoms with Crippen molar-refractivity contribution in [1.82, 2.24) is 0 Å². The summed E-state index contributed by atoms with van der Waals surface area (Å²) in [5, 5.41) is 3.72. The summed E-state index contributed by atoms with van der Waals surface area (Å²) in [7, 11) is -0.314. The Labute approximate surface area is 219 Å². The molecule has 0 atom stereocenters. The van der Waals surface area contributed by atoms with Gasteiger partial charge in [-0.2, -0.15) is 0 Å². The van der Waals surface area contributed by atoms with Crippen LogP contribution in [-0.4, -0.2) is 47.2 Å². The molecule has 2 amide bonds. The van der Waals surface area contributed by atoms with Crippen molar-refractivity contribution in [3.63, 3.8) is 0 Å². The van der Waals surface area contributed by atoms with Crippen molar-refractivity contribution in [3.8, 4) is 5.75 Å². The normalized spacial score (nSPS) is 12.9. The number of thiophene rings is 1. The Morgan fingerprint density at radius 1 is 1.03 bits per heavy atom. The Hall–Kier alpha value is -3.89. The number of nitrogens with zero attached hydrogens (tertiary/aromatic N) is 2. The zero-order chi connectivity index (χ0) is 26.3. The van der Waals surface area contributed by atoms with Crippen molar-refractivity contribution in [2.45, 2.75) is 6.42 Å². The first-order valence-corrected chi connectivity index (χ1v) is 14.2. The molecule has 3 aromatic carbocycles. The fourth-order valence-corrected chi connectivity index (χ4v) is 5.71. The molecule has 190 valence electrons. The molecule has 0 saturated heterocycles. The van der Waals surface area contributed by atoms with E-state index in [4.69, 9.17) is 4.74 Å². The van der Waals surface area contributed by atoms with E-state index in [1.165, 1.54) is 22.7 Å². The molecular weight excluding hydrogens is 510 g/mol. The molecule has 0 fully saturated rings. The number of ether oxygens (including phenoxy) is 1. The van der Waals surface area contributed by atoms with Gasteiger partial charge in [0.05, 0.1) is 23.9 Å². The molecule has 0 saturated carbocycles. The second-order valence-electron chi connectivity index (χ2n) is 8.80. The van der Waals surface area contributed by atoms with E-state index >= 15 is 0 Å². The predicted octanol–water partition coefficient (Wildman–Crippen LogP) is 4.76. The summed E-state index contributed by atoms with van der Waals surface area (Å²) in [4.78, 5) is 28.4. The van der Waals surface area contributed by atoms with Gasteiger partial charge < -0.3 is 15.0 Å². The van der Waals surface area contributed by atoms with Crippen molar-refractivity contribution >= 4 is 60.3 Å². The molecule has 10 heteroatoms. The van der Waals surface area contributed by atoms with Gasteiger partial charge in [0, 0.05) is 35.2 Å². The fraction of sp³-hybridized carbons (Fsp3) is 0.185. The quantitative estimate of drug-likeness (QED) is 0.384. The third kappa shape index (κ3) is 4.90. The van der Waals surface area contributed by atoms with E-state index in [0.29, 0.717) is 34.1 Å². The summed E-state index contributed by atoms with van der Waals surface area (Å²) >= 11 is 1.33. The molecule has 2 heterocycles. The van der Waals surface area contributed by atoms with Crippen molar-refractivity contribution in [2.75, 3.05) is 41.5 Å². The van der Waals surface area contributed by atoms with Crippen molar-refractivity contribution < 1.29 is 22.7 Å². The Morgan fingerprint density at radius 3 is 2.49 bits per heavy atom. The molecule has 1 aromatic heterocycles. The zero-order valence-electron chi connectivity index (χ0n) is 20.5. The van der Waals surface area contributed by atoms with Crippen LogP contribution in [0.4, 0.5) is 17.1 Å². The number of carbonyl (C=O) groups is 2. The van der Waals surface area contributed by atoms with Crippen molar-refractivity contribution in [2.24, 2.45) is 0 Å². The van der Waals surface area contributed by atoms with Crippen LogP contribution in [0.2, 0.25) is 0 Å². The van der Waals surface area contributed by atoms with Crippen LogP contribution in [0, 0.1) is 0 Å². The summed E-state index contributed by atoms with van der Waals surface area (Å²) in [6.45, 7) is 0.568. The third-order valence-corrected chi connectivity index (χ3v) is 8.73. The molecule has 0 spiro atoms. The maximum atomic E-state index is 13.2. The van der Waals surface area contributed by atoms with Crippen LogP contribution < -0.4 is 19.3 Å². The maximum Gasteiger partial charge on any atom is 0.265 e. The molecule has 8 nitrogen and oxygen atoms in total. The van der Waals surface area contributed by atoms with Crippen LogP contribution in [0.5, 0.6) is 5.75 Å². The molecule has 1 N–H and O–H groups in total. The average molecular weight is 536 g/mol. The van der Waals surface area contributed by atoms with Gasteiger partial charge in [-0.1, -0.05) is 6.07 Å². The minimum absolute atomic E-state index is 0.107. The lowest BCUT2D eigenvalue weighted by Crippen LogP contribution is -2.28. The lowest BCUT2D eigenvalue weighted by atomic mass is 10.1. The van der Waals surface area contributed by atoms with Crippen LogP contribution in [0.25, 0.3) is 10.1 Å². The van der Waals surface area contributed by atoms with Crippen LogP contribution in [0.3, 0.4) is 0 Å². The summed E-state index contributed by atoms with van der Waals surface area (Å²) in [5.41, 5.74) is 3.51. The number of sulfonamides is 1. The van der Waals surface area contributed by atoms with Gasteiger partial charge >= 0.3 is 0 Å². The van der Waals surface area contributed by atoms with Gasteiger partial charge in [0.2, 0.25) is 10.0 Å². The second-order valence-corrected chi connectivity index (χ2v) is 11.9. The highest BCUT2D eigenvalue weighted by Crippen LogP contribution is 2.34. The molecule has 0 unspecified atom stereocenters. The largest absolute Gasteiger partial charge is 0.497 e. The minimum atomic E-state index is -3.39. The van der Waals surface area contributed by atoms with Crippen molar-refractivity contribution in [1.29, 1.82) is 0 Å². The molecule has 0 bridgehead atoms. The highest BCUT2D eigenvalue weighted by Gasteiger charge is 2.26. The number of nitrogens with one attached hydrogen (secondary N) is 1. The number of hydrogen-bond donors (Lipinski definition) is 1. The van der Waals surface area contributed by atoms with Gasteiger partial charge in [-0.15, -0.1) is 11.3 Å². The van der Waals surface area contributed by atoms with Crippen LogP contribution in [0.15, 0.2) is 66.7 Å². The first-order valence-electron chi connectivity index (χ1n) is 11.5. The highest BCUT2D eigenvalue weighted by atomic mass is 32.2. The van der Waals surface area contributed by atoms with Crippen LogP contribution in [0.1, 0.15) is 25.6 Å². The van der Waals surface area contributed by atoms with E-state index in [1.807, 2.05) is 24.3 Å². The molecular formula is C27H25N3O5S2. The minimum Gasteiger partial charge on any atom is -0.497 e. The molecule has 1 aliphatic rings. The van der Waals surface area contributed by atoms with E-state index in [1.54, 1.807) is 54.5 Å². The van der Waals surface area contributed by atoms with Crippen LogP contribution in [-0.2, 0) is 16.4 Å². The number of methoxy groups -OCH3 is 1. The lowest BCUT2D eigenvalue weighted by Gasteiger charge is -2.18. The standard InChI is InChI=1S/C27H25N3O5S2/c1-29(37(3,33)34)21-8-11-24-19(14-21)15-25(36-24)26(31)28-20-7-4-17-12-13-30(23(17)16-20)27(32)18-5-9-22(35-2)10-6-18/h4-11,14-16H,12-13H2,1-3H3,(H,28,31). The maximum absolute atomic E-state index is 13.2. The van der Waals surface area contributed by atoms with Gasteiger partial charge in [-0.3, -0.25) is 13.9 Å². The number of rotatable bonds is 6. The fourth-order valence-electron chi connectivity index (χ4n) is 4.28. The van der Waals surface area contributed by atoms with Gasteiger partial charge in [-0.05, 0) is 78.0 Å². The Balaban J connectivity index is 1.36. The number of hydrogen-bond acceptors (Lipinski definition) is 6. The summed E-state index contributed by atoms with van der Waals surface area (Å²) < 4.78 is 31.0. The first-order chi connectivity index (χ1) is 17.6. The molecule has 5 rings (SSSR count). The lowest BCUT2D eigenvalue weighted by molar-refractivity contribution is 0.0988. The number of benzene rings is 3. The topological polar surface area (TPSA) is 96.0 Å². The van der Waals surface area contributed by atoms with Gasteiger partial charge in [-0.25, -0.2) is 8.42 Å². The summed E-state index contributed by atoms with van der Waals surface area (Å²) in [6, 6.07) is 19.6. The molecule has 37 heavy (non-hydrogen) atoms. The SMILES string of the molecule is COc1ccc(C(=O)N2CCc3ccc(NC(=O)c4cc5cc(N(C)S(C)(=O)=O)ccc5s4)cc32)cc1. The second kappa shape index (κ2) is 9.53. The molecule has 1 aliphatic heterocycles. The van der Waals surface area contributed by atoms with E-state index in [9.17, 15) is 18.0 Å². The summed E-state index contributed by atoms with van der Waals surface area (Å²) in [6.07, 6.45) is 1.89. The number of carbonyl (C=O) groups excluding carboxylic acids is 2. The predicted molar refractivity (Wildman–Crippen MR) is 148 cm³/mol. The number of amides is 2. The third-order valence-electron chi connectivity index (χ3n) is 6.41. The molecule has 0 radical (unpaired) electrons. The van der Waals surface area contributed by atoms with Crippen LogP contribution >= 0.6 is 11.3 Å². The smallest absolute Gasteiger partial charge is 0.265 e. The monoisotopic (exact) mass is 535 g/mol. The van der Waals surface area contributed by atoms with E-state index < -0.39 is 10.0 Å². The average Bonchev–Trinajstić information content (AvgIpc) is 3.51. The Kier molecular flexibility index (Phi) is 6.38.